The van der Waals surface area contributed by atoms with Gasteiger partial charge < -0.3 is 0 Å². The van der Waals surface area contributed by atoms with Crippen molar-refractivity contribution in [1.29, 1.82) is 0 Å². The normalized spacial score (nSPS) is 38.2. The zero-order valence-electron chi connectivity index (χ0n) is 25.9. The maximum absolute atomic E-state index is 4.52. The highest BCUT2D eigenvalue weighted by molar-refractivity contribution is 9.10. The molecule has 7 bridgehead atoms. The summed E-state index contributed by atoms with van der Waals surface area (Å²) in [5, 5.41) is 0. The predicted octanol–water partition coefficient (Wildman–Crippen LogP) is 11.6. The van der Waals surface area contributed by atoms with Crippen LogP contribution in [-0.4, -0.2) is 0 Å². The van der Waals surface area contributed by atoms with Gasteiger partial charge in [-0.2, -0.15) is 0 Å². The Labute approximate surface area is 275 Å². The quantitative estimate of drug-likeness (QED) is 0.154. The summed E-state index contributed by atoms with van der Waals surface area (Å²) in [6, 6.07) is 27.4. The molecule has 14 rings (SSSR count). The summed E-state index contributed by atoms with van der Waals surface area (Å²) in [5.74, 6) is 6.91. The summed E-state index contributed by atoms with van der Waals surface area (Å²) in [6.07, 6.45) is 14.5. The van der Waals surface area contributed by atoms with E-state index in [4.69, 9.17) is 0 Å². The average Bonchev–Trinajstić information content (AvgIpc) is 3.66. The fraction of sp³-hybridized carbons (Fsp3) is 0.455. The fourth-order valence-electron chi connectivity index (χ4n) is 14.8. The maximum atomic E-state index is 4.52. The van der Waals surface area contributed by atoms with Crippen molar-refractivity contribution in [2.45, 2.75) is 93.3 Å². The number of hydrogen-bond acceptors (Lipinski definition) is 0. The topological polar surface area (TPSA) is 0 Å². The second-order valence-electron chi connectivity index (χ2n) is 17.4. The van der Waals surface area contributed by atoms with E-state index in [2.05, 4.69) is 82.7 Å². The van der Waals surface area contributed by atoms with Gasteiger partial charge in [0.05, 0.1) is 5.41 Å². The lowest BCUT2D eigenvalue weighted by Crippen LogP contribution is -2.41. The molecule has 4 aromatic carbocycles. The summed E-state index contributed by atoms with van der Waals surface area (Å²) in [4.78, 5) is 0. The van der Waals surface area contributed by atoms with Gasteiger partial charge in [0.15, 0.2) is 0 Å². The summed E-state index contributed by atoms with van der Waals surface area (Å²) < 4.78 is 1.49. The molecule has 0 aliphatic heterocycles. The van der Waals surface area contributed by atoms with Gasteiger partial charge in [-0.15, -0.1) is 0 Å². The van der Waals surface area contributed by atoms with E-state index in [-0.39, 0.29) is 5.41 Å². The SMILES string of the molecule is Brc1c2c(cc3c1C1CC4CC5CC3CC54C1)C1(c3ccccc3-c3ccccc31)c1cc3c(cc1-2)C1CC2CC(C1)CC3C2. The molecule has 0 N–H and O–H groups in total. The minimum atomic E-state index is -0.225. The average molecular weight is 648 g/mol. The van der Waals surface area contributed by atoms with Gasteiger partial charge in [0.25, 0.3) is 0 Å². The van der Waals surface area contributed by atoms with E-state index in [1.165, 1.54) is 90.9 Å². The van der Waals surface area contributed by atoms with Gasteiger partial charge in [0.1, 0.15) is 0 Å². The molecule has 0 nitrogen and oxygen atoms in total. The molecular weight excluding hydrogens is 608 g/mol. The van der Waals surface area contributed by atoms with Crippen LogP contribution in [0.15, 0.2) is 71.2 Å². The zero-order valence-corrected chi connectivity index (χ0v) is 27.5. The van der Waals surface area contributed by atoms with Gasteiger partial charge in [-0.25, -0.2) is 0 Å². The Hall–Kier alpha value is -2.64. The number of rotatable bonds is 0. The lowest BCUT2D eigenvalue weighted by molar-refractivity contribution is 0.00321. The van der Waals surface area contributed by atoms with Crippen LogP contribution >= 0.6 is 15.9 Å². The van der Waals surface area contributed by atoms with Gasteiger partial charge >= 0.3 is 0 Å². The van der Waals surface area contributed by atoms with Gasteiger partial charge in [-0.1, -0.05) is 66.7 Å². The molecule has 1 heteroatoms. The van der Waals surface area contributed by atoms with Crippen LogP contribution in [0.4, 0.5) is 0 Å². The van der Waals surface area contributed by atoms with Gasteiger partial charge in [-0.05, 0) is 194 Å². The number of benzene rings is 4. The molecule has 10 aliphatic rings. The summed E-state index contributed by atoms with van der Waals surface area (Å²) in [7, 11) is 0. The van der Waals surface area contributed by atoms with Gasteiger partial charge in [0.2, 0.25) is 0 Å². The van der Waals surface area contributed by atoms with Crippen LogP contribution in [0.25, 0.3) is 22.3 Å². The molecule has 0 radical (unpaired) electrons. The van der Waals surface area contributed by atoms with Crippen molar-refractivity contribution < 1.29 is 0 Å². The summed E-state index contributed by atoms with van der Waals surface area (Å²) in [6.45, 7) is 0. The smallest absolute Gasteiger partial charge is 0.0619 e. The number of halogens is 1. The number of hydrogen-bond donors (Lipinski definition) is 0. The van der Waals surface area contributed by atoms with Crippen LogP contribution in [0.5, 0.6) is 0 Å². The van der Waals surface area contributed by atoms with E-state index in [1.807, 2.05) is 0 Å². The van der Waals surface area contributed by atoms with Crippen molar-refractivity contribution in [3.63, 3.8) is 0 Å². The lowest BCUT2D eigenvalue weighted by Gasteiger charge is -2.48. The molecule has 10 aliphatic carbocycles. The largest absolute Gasteiger partial charge is 0.0726 e. The maximum Gasteiger partial charge on any atom is 0.0726 e. The van der Waals surface area contributed by atoms with Crippen molar-refractivity contribution >= 4 is 15.9 Å². The highest BCUT2D eigenvalue weighted by Gasteiger charge is 2.66. The van der Waals surface area contributed by atoms with Gasteiger partial charge in [0, 0.05) is 10.0 Å². The Morgan fingerprint density at radius 1 is 0.511 bits per heavy atom. The van der Waals surface area contributed by atoms with E-state index in [1.54, 1.807) is 44.5 Å². The second kappa shape index (κ2) is 7.73. The Kier molecular flexibility index (Phi) is 4.21. The first-order valence-corrected chi connectivity index (χ1v) is 19.2. The molecule has 4 aromatic rings. The van der Waals surface area contributed by atoms with Crippen molar-refractivity contribution in [3.05, 3.63) is 116 Å². The number of fused-ring (bicyclic) bond motifs is 15. The molecular formula is C44H39Br. The van der Waals surface area contributed by atoms with Gasteiger partial charge in [-0.3, -0.25) is 0 Å². The van der Waals surface area contributed by atoms with Crippen LogP contribution in [-0.2, 0) is 5.41 Å². The molecule has 5 saturated carbocycles. The Morgan fingerprint density at radius 2 is 1.11 bits per heavy atom. The second-order valence-corrected chi connectivity index (χ2v) is 18.2. The van der Waals surface area contributed by atoms with Crippen molar-refractivity contribution in [3.8, 4) is 22.3 Å². The molecule has 7 atom stereocenters. The molecule has 0 heterocycles. The van der Waals surface area contributed by atoms with Crippen LogP contribution in [0, 0.1) is 29.1 Å². The lowest BCUT2D eigenvalue weighted by atomic mass is 9.56. The first kappa shape index (κ1) is 24.5. The Bertz CT molecular complexity index is 2010. The third kappa shape index (κ3) is 2.59. The summed E-state index contributed by atoms with van der Waals surface area (Å²) in [5.41, 5.74) is 19.7. The zero-order chi connectivity index (χ0) is 29.0. The standard InChI is InChI=1S/C44H39Br/c45-42-40-27-15-29-16-28-14-26(20-43(28,29)21-27)34(40)19-39-41(42)35-17-32-24-10-22-9-23(11-24)13-25(12-22)33(32)18-38(35)44(39)36-7-3-1-5-30(36)31-6-2-4-8-37(31)44/h1-8,17-19,22-29H,9-16,20-21H2. The fourth-order valence-corrected chi connectivity index (χ4v) is 15.8. The van der Waals surface area contributed by atoms with E-state index in [0.717, 1.165) is 47.3 Å². The molecule has 0 aromatic heterocycles. The molecule has 7 unspecified atom stereocenters. The van der Waals surface area contributed by atoms with Crippen LogP contribution < -0.4 is 0 Å². The van der Waals surface area contributed by atoms with Crippen LogP contribution in [0.2, 0.25) is 0 Å². The predicted molar refractivity (Wildman–Crippen MR) is 184 cm³/mol. The monoisotopic (exact) mass is 646 g/mol. The van der Waals surface area contributed by atoms with Crippen molar-refractivity contribution in [2.24, 2.45) is 29.1 Å². The van der Waals surface area contributed by atoms with Crippen LogP contribution in [0.1, 0.15) is 132 Å². The highest BCUT2D eigenvalue weighted by atomic mass is 79.9. The van der Waals surface area contributed by atoms with Crippen LogP contribution in [0.3, 0.4) is 0 Å². The molecule has 2 spiro atoms. The summed E-state index contributed by atoms with van der Waals surface area (Å²) >= 11 is 4.52. The van der Waals surface area contributed by atoms with E-state index in [0.29, 0.717) is 5.41 Å². The van der Waals surface area contributed by atoms with E-state index < -0.39 is 0 Å². The molecule has 5 fully saturated rings. The minimum absolute atomic E-state index is 0.225. The third-order valence-corrected chi connectivity index (χ3v) is 16.9. The first-order chi connectivity index (χ1) is 22.1. The highest BCUT2D eigenvalue weighted by Crippen LogP contribution is 2.77. The van der Waals surface area contributed by atoms with Crippen molar-refractivity contribution in [1.82, 2.24) is 0 Å². The third-order valence-electron chi connectivity index (χ3n) is 16.0. The Balaban J connectivity index is 1.17. The Morgan fingerprint density at radius 3 is 1.82 bits per heavy atom. The minimum Gasteiger partial charge on any atom is -0.0619 e. The first-order valence-electron chi connectivity index (χ1n) is 18.4. The molecule has 0 amide bonds. The molecule has 222 valence electrons. The van der Waals surface area contributed by atoms with E-state index in [9.17, 15) is 0 Å². The van der Waals surface area contributed by atoms with E-state index >= 15 is 0 Å². The molecule has 0 saturated heterocycles. The van der Waals surface area contributed by atoms with Crippen molar-refractivity contribution in [2.75, 3.05) is 0 Å². The molecule has 45 heavy (non-hydrogen) atoms.